The zero-order valence-corrected chi connectivity index (χ0v) is 15.4. The number of carboxylic acids is 1. The second-order valence-corrected chi connectivity index (χ2v) is 6.99. The van der Waals surface area contributed by atoms with Gasteiger partial charge < -0.3 is 10.4 Å². The smallest absolute Gasteiger partial charge is 0.304 e. The molecule has 8 heteroatoms. The number of nitrogens with zero attached hydrogens (tertiary/aromatic N) is 1. The Hall–Kier alpha value is -3.13. The van der Waals surface area contributed by atoms with Crippen molar-refractivity contribution in [2.75, 3.05) is 5.32 Å². The van der Waals surface area contributed by atoms with Crippen LogP contribution >= 0.6 is 11.3 Å². The van der Waals surface area contributed by atoms with Crippen LogP contribution in [0.25, 0.3) is 11.3 Å². The lowest BCUT2D eigenvalue weighted by Gasteiger charge is -2.14. The fourth-order valence-electron chi connectivity index (χ4n) is 2.72. The summed E-state index contributed by atoms with van der Waals surface area (Å²) in [6.07, 6.45) is -0.0762. The number of carbonyl (C=O) groups is 2. The number of carbonyl (C=O) groups excluding carboxylic acids is 1. The molecule has 28 heavy (non-hydrogen) atoms. The molecule has 0 aliphatic rings. The van der Waals surface area contributed by atoms with Crippen molar-refractivity contribution in [3.8, 4) is 11.3 Å². The summed E-state index contributed by atoms with van der Waals surface area (Å²) in [5.41, 5.74) is 1.02. The summed E-state index contributed by atoms with van der Waals surface area (Å²) >= 11 is 1.05. The summed E-state index contributed by atoms with van der Waals surface area (Å²) < 4.78 is 27.3. The van der Waals surface area contributed by atoms with E-state index in [4.69, 9.17) is 5.11 Å². The maximum absolute atomic E-state index is 13.9. The number of carboxylic acid groups (broad SMARTS) is 1. The SMILES string of the molecule is O=C(O)CC(Cc1ccccc1)C(=O)Nc1nc(-c2cc(F)ccc2F)cs1. The summed E-state index contributed by atoms with van der Waals surface area (Å²) in [6, 6.07) is 12.1. The van der Waals surface area contributed by atoms with Crippen molar-refractivity contribution in [2.45, 2.75) is 12.8 Å². The maximum atomic E-state index is 13.9. The van der Waals surface area contributed by atoms with Gasteiger partial charge in [-0.2, -0.15) is 0 Å². The molecule has 1 aromatic heterocycles. The number of aliphatic carboxylic acids is 1. The first-order valence-corrected chi connectivity index (χ1v) is 9.28. The van der Waals surface area contributed by atoms with Gasteiger partial charge in [-0.15, -0.1) is 11.3 Å². The van der Waals surface area contributed by atoms with Gasteiger partial charge in [0.05, 0.1) is 18.0 Å². The van der Waals surface area contributed by atoms with Gasteiger partial charge in [0, 0.05) is 10.9 Å². The van der Waals surface area contributed by atoms with Crippen LogP contribution in [0.3, 0.4) is 0 Å². The number of aromatic nitrogens is 1. The number of nitrogens with one attached hydrogen (secondary N) is 1. The van der Waals surface area contributed by atoms with E-state index in [2.05, 4.69) is 10.3 Å². The lowest BCUT2D eigenvalue weighted by atomic mass is 9.95. The summed E-state index contributed by atoms with van der Waals surface area (Å²) in [5.74, 6) is -3.60. The highest BCUT2D eigenvalue weighted by Crippen LogP contribution is 2.28. The molecule has 0 fully saturated rings. The average molecular weight is 402 g/mol. The van der Waals surface area contributed by atoms with Crippen molar-refractivity contribution in [1.82, 2.24) is 4.98 Å². The van der Waals surface area contributed by atoms with Crippen LogP contribution in [0.15, 0.2) is 53.9 Å². The van der Waals surface area contributed by atoms with E-state index in [1.165, 1.54) is 5.38 Å². The lowest BCUT2D eigenvalue weighted by molar-refractivity contribution is -0.140. The lowest BCUT2D eigenvalue weighted by Crippen LogP contribution is -2.27. The number of anilines is 1. The van der Waals surface area contributed by atoms with Gasteiger partial charge in [-0.3, -0.25) is 9.59 Å². The Morgan fingerprint density at radius 2 is 1.89 bits per heavy atom. The molecule has 0 radical (unpaired) electrons. The summed E-state index contributed by atoms with van der Waals surface area (Å²) in [5, 5.41) is 13.4. The highest BCUT2D eigenvalue weighted by molar-refractivity contribution is 7.14. The molecule has 0 saturated carbocycles. The molecule has 3 aromatic rings. The Morgan fingerprint density at radius 3 is 2.61 bits per heavy atom. The first-order chi connectivity index (χ1) is 13.4. The number of benzene rings is 2. The second kappa shape index (κ2) is 8.71. The molecule has 1 atom stereocenters. The standard InChI is InChI=1S/C20H16F2N2O3S/c21-14-6-7-16(22)15(10-14)17-11-28-20(23-17)24-19(27)13(9-18(25)26)8-12-4-2-1-3-5-12/h1-7,10-11,13H,8-9H2,(H,25,26)(H,23,24,27). The molecule has 2 N–H and O–H groups in total. The molecular weight excluding hydrogens is 386 g/mol. The summed E-state index contributed by atoms with van der Waals surface area (Å²) in [7, 11) is 0. The Kier molecular flexibility index (Phi) is 6.10. The Morgan fingerprint density at radius 1 is 1.14 bits per heavy atom. The average Bonchev–Trinajstić information content (AvgIpc) is 3.12. The van der Waals surface area contributed by atoms with E-state index in [9.17, 15) is 18.4 Å². The predicted octanol–water partition coefficient (Wildman–Crippen LogP) is 4.36. The van der Waals surface area contributed by atoms with Gasteiger partial charge in [-0.25, -0.2) is 13.8 Å². The molecule has 0 aliphatic carbocycles. The quantitative estimate of drug-likeness (QED) is 0.615. The van der Waals surface area contributed by atoms with Crippen LogP contribution in [-0.2, 0) is 16.0 Å². The largest absolute Gasteiger partial charge is 0.481 e. The third-order valence-electron chi connectivity index (χ3n) is 4.06. The van der Waals surface area contributed by atoms with Crippen molar-refractivity contribution in [3.63, 3.8) is 0 Å². The predicted molar refractivity (Wildman–Crippen MR) is 102 cm³/mol. The first kappa shape index (κ1) is 19.6. The molecular formula is C20H16F2N2O3S. The highest BCUT2D eigenvalue weighted by Gasteiger charge is 2.23. The number of thiazole rings is 1. The molecule has 144 valence electrons. The van der Waals surface area contributed by atoms with E-state index in [0.29, 0.717) is 0 Å². The van der Waals surface area contributed by atoms with Gasteiger partial charge >= 0.3 is 5.97 Å². The topological polar surface area (TPSA) is 79.3 Å². The van der Waals surface area contributed by atoms with E-state index >= 15 is 0 Å². The number of hydrogen-bond acceptors (Lipinski definition) is 4. The molecule has 2 aromatic carbocycles. The van der Waals surface area contributed by atoms with Crippen LogP contribution in [-0.4, -0.2) is 22.0 Å². The van der Waals surface area contributed by atoms with Crippen molar-refractivity contribution in [3.05, 3.63) is 71.1 Å². The van der Waals surface area contributed by atoms with Crippen molar-refractivity contribution in [1.29, 1.82) is 0 Å². The first-order valence-electron chi connectivity index (χ1n) is 8.40. The van der Waals surface area contributed by atoms with E-state index in [-0.39, 0.29) is 29.2 Å². The molecule has 0 aliphatic heterocycles. The van der Waals surface area contributed by atoms with Crippen molar-refractivity contribution in [2.24, 2.45) is 5.92 Å². The van der Waals surface area contributed by atoms with Gasteiger partial charge in [-0.1, -0.05) is 30.3 Å². The Balaban J connectivity index is 1.75. The van der Waals surface area contributed by atoms with Gasteiger partial charge in [-0.05, 0) is 30.2 Å². The molecule has 0 bridgehead atoms. The van der Waals surface area contributed by atoms with Crippen molar-refractivity contribution >= 4 is 28.3 Å². The Labute approximate surface area is 163 Å². The van der Waals surface area contributed by atoms with E-state index in [1.807, 2.05) is 30.3 Å². The monoisotopic (exact) mass is 402 g/mol. The highest BCUT2D eigenvalue weighted by atomic mass is 32.1. The zero-order valence-electron chi connectivity index (χ0n) is 14.6. The number of halogens is 2. The van der Waals surface area contributed by atoms with Crippen LogP contribution in [0.5, 0.6) is 0 Å². The van der Waals surface area contributed by atoms with Crippen molar-refractivity contribution < 1.29 is 23.5 Å². The van der Waals surface area contributed by atoms with Crippen LogP contribution in [0, 0.1) is 17.6 Å². The van der Waals surface area contributed by atoms with Crippen LogP contribution in [0.1, 0.15) is 12.0 Å². The van der Waals surface area contributed by atoms with Crippen LogP contribution < -0.4 is 5.32 Å². The minimum absolute atomic E-state index is 0.0110. The van der Waals surface area contributed by atoms with Crippen LogP contribution in [0.2, 0.25) is 0 Å². The number of rotatable bonds is 7. The molecule has 3 rings (SSSR count). The molecule has 0 spiro atoms. The van der Waals surface area contributed by atoms with E-state index in [0.717, 1.165) is 35.1 Å². The molecule has 0 saturated heterocycles. The summed E-state index contributed by atoms with van der Waals surface area (Å²) in [4.78, 5) is 27.8. The third-order valence-corrected chi connectivity index (χ3v) is 4.81. The summed E-state index contributed by atoms with van der Waals surface area (Å²) in [6.45, 7) is 0. The van der Waals surface area contributed by atoms with Gasteiger partial charge in [0.1, 0.15) is 11.6 Å². The van der Waals surface area contributed by atoms with Gasteiger partial charge in [0.2, 0.25) is 5.91 Å². The normalized spacial score (nSPS) is 11.8. The van der Waals surface area contributed by atoms with E-state index < -0.39 is 29.4 Å². The molecule has 1 amide bonds. The van der Waals surface area contributed by atoms with E-state index in [1.54, 1.807) is 0 Å². The second-order valence-electron chi connectivity index (χ2n) is 6.14. The molecule has 1 heterocycles. The fourth-order valence-corrected chi connectivity index (χ4v) is 3.44. The number of amides is 1. The van der Waals surface area contributed by atoms with Crippen LogP contribution in [0.4, 0.5) is 13.9 Å². The zero-order chi connectivity index (χ0) is 20.1. The minimum Gasteiger partial charge on any atom is -0.481 e. The fraction of sp³-hybridized carbons (Fsp3) is 0.150. The third kappa shape index (κ3) is 4.98. The molecule has 5 nitrogen and oxygen atoms in total. The van der Waals surface area contributed by atoms with Gasteiger partial charge in [0.15, 0.2) is 5.13 Å². The molecule has 1 unspecified atom stereocenters. The number of hydrogen-bond donors (Lipinski definition) is 2. The Bertz CT molecular complexity index is 992. The minimum atomic E-state index is -1.09. The maximum Gasteiger partial charge on any atom is 0.304 e. The van der Waals surface area contributed by atoms with Gasteiger partial charge in [0.25, 0.3) is 0 Å².